The van der Waals surface area contributed by atoms with E-state index in [0.717, 1.165) is 15.6 Å². The average Bonchev–Trinajstić information content (AvgIpc) is 3.09. The second kappa shape index (κ2) is 7.09. The minimum absolute atomic E-state index is 0.0952. The third-order valence-electron chi connectivity index (χ3n) is 4.15. The standard InChI is InChI=1S/C18H14BrClN4O2/c19-13-4-1-11(2-5-13)9-26-16-6-3-12(7-14(16)20)15-8-17(25)23-18-21-10-22-24(15)18/h1-7,10,15H,8-9H2,(H,21,22,23,25)/t15-/m0/s1. The van der Waals surface area contributed by atoms with Gasteiger partial charge >= 0.3 is 0 Å². The molecule has 4 rings (SSSR count). The Morgan fingerprint density at radius 1 is 1.27 bits per heavy atom. The Hall–Kier alpha value is -2.38. The van der Waals surface area contributed by atoms with E-state index in [1.807, 2.05) is 42.5 Å². The summed E-state index contributed by atoms with van der Waals surface area (Å²) in [5, 5.41) is 7.39. The lowest BCUT2D eigenvalue weighted by atomic mass is 10.0. The molecule has 26 heavy (non-hydrogen) atoms. The highest BCUT2D eigenvalue weighted by Gasteiger charge is 2.28. The zero-order chi connectivity index (χ0) is 18.1. The van der Waals surface area contributed by atoms with Crippen LogP contribution < -0.4 is 10.1 Å². The Balaban J connectivity index is 1.53. The maximum Gasteiger partial charge on any atom is 0.229 e. The zero-order valence-electron chi connectivity index (χ0n) is 13.5. The van der Waals surface area contributed by atoms with E-state index >= 15 is 0 Å². The van der Waals surface area contributed by atoms with Gasteiger partial charge in [0.25, 0.3) is 0 Å². The first-order valence-electron chi connectivity index (χ1n) is 7.96. The van der Waals surface area contributed by atoms with Gasteiger partial charge in [-0.3, -0.25) is 10.1 Å². The highest BCUT2D eigenvalue weighted by atomic mass is 79.9. The molecule has 2 aromatic carbocycles. The van der Waals surface area contributed by atoms with Gasteiger partial charge in [-0.25, -0.2) is 4.68 Å². The second-order valence-electron chi connectivity index (χ2n) is 5.90. The van der Waals surface area contributed by atoms with Crippen molar-refractivity contribution < 1.29 is 9.53 Å². The van der Waals surface area contributed by atoms with Crippen LogP contribution in [0.1, 0.15) is 23.6 Å². The Morgan fingerprint density at radius 3 is 2.85 bits per heavy atom. The van der Waals surface area contributed by atoms with Crippen LogP contribution in [-0.2, 0) is 11.4 Å². The maximum absolute atomic E-state index is 11.9. The molecule has 3 aromatic rings. The van der Waals surface area contributed by atoms with E-state index in [9.17, 15) is 4.79 Å². The van der Waals surface area contributed by atoms with Gasteiger partial charge in [-0.1, -0.05) is 45.7 Å². The molecule has 0 spiro atoms. The highest BCUT2D eigenvalue weighted by Crippen LogP contribution is 2.33. The third-order valence-corrected chi connectivity index (χ3v) is 4.97. The Bertz CT molecular complexity index is 958. The lowest BCUT2D eigenvalue weighted by molar-refractivity contribution is -0.117. The predicted molar refractivity (Wildman–Crippen MR) is 101 cm³/mol. The van der Waals surface area contributed by atoms with Crippen molar-refractivity contribution in [1.82, 2.24) is 14.8 Å². The van der Waals surface area contributed by atoms with Crippen molar-refractivity contribution in [3.8, 4) is 5.75 Å². The number of benzene rings is 2. The molecule has 8 heteroatoms. The van der Waals surface area contributed by atoms with Crippen molar-refractivity contribution in [2.45, 2.75) is 19.1 Å². The number of carbonyl (C=O) groups is 1. The second-order valence-corrected chi connectivity index (χ2v) is 7.22. The first-order chi connectivity index (χ1) is 12.6. The van der Waals surface area contributed by atoms with Crippen molar-refractivity contribution in [3.63, 3.8) is 0 Å². The first kappa shape index (κ1) is 17.1. The fourth-order valence-electron chi connectivity index (χ4n) is 2.85. The molecule has 1 N–H and O–H groups in total. The molecule has 0 radical (unpaired) electrons. The van der Waals surface area contributed by atoms with Crippen LogP contribution >= 0.6 is 27.5 Å². The molecular weight excluding hydrogens is 420 g/mol. The van der Waals surface area contributed by atoms with Gasteiger partial charge in [0, 0.05) is 4.47 Å². The molecule has 1 amide bonds. The van der Waals surface area contributed by atoms with Crippen LogP contribution in [0.4, 0.5) is 5.95 Å². The third kappa shape index (κ3) is 3.45. The normalized spacial score (nSPS) is 16.1. The Morgan fingerprint density at radius 2 is 2.08 bits per heavy atom. The summed E-state index contributed by atoms with van der Waals surface area (Å²) in [4.78, 5) is 15.9. The van der Waals surface area contributed by atoms with Crippen molar-refractivity contribution in [2.75, 3.05) is 5.32 Å². The van der Waals surface area contributed by atoms with Crippen LogP contribution in [0.15, 0.2) is 53.3 Å². The van der Waals surface area contributed by atoms with Gasteiger partial charge < -0.3 is 4.74 Å². The molecule has 1 aliphatic rings. The topological polar surface area (TPSA) is 69.0 Å². The SMILES string of the molecule is O=C1C[C@@H](c2ccc(OCc3ccc(Br)cc3)c(Cl)c2)n2ncnc2N1. The van der Waals surface area contributed by atoms with E-state index in [1.165, 1.54) is 6.33 Å². The summed E-state index contributed by atoms with van der Waals surface area (Å²) in [5.41, 5.74) is 1.93. The number of carbonyl (C=O) groups excluding carboxylic acids is 1. The van der Waals surface area contributed by atoms with Gasteiger partial charge in [0.15, 0.2) is 0 Å². The number of fused-ring (bicyclic) bond motifs is 1. The van der Waals surface area contributed by atoms with Crippen molar-refractivity contribution in [3.05, 3.63) is 69.4 Å². The molecule has 0 saturated carbocycles. The average molecular weight is 434 g/mol. The molecule has 132 valence electrons. The van der Waals surface area contributed by atoms with Crippen LogP contribution in [0.2, 0.25) is 5.02 Å². The van der Waals surface area contributed by atoms with Crippen LogP contribution in [0.5, 0.6) is 5.75 Å². The van der Waals surface area contributed by atoms with E-state index in [4.69, 9.17) is 16.3 Å². The molecule has 0 fully saturated rings. The zero-order valence-corrected chi connectivity index (χ0v) is 15.9. The molecule has 6 nitrogen and oxygen atoms in total. The maximum atomic E-state index is 11.9. The Labute approximate surface area is 163 Å². The van der Waals surface area contributed by atoms with Crippen molar-refractivity contribution in [2.24, 2.45) is 0 Å². The van der Waals surface area contributed by atoms with E-state index < -0.39 is 0 Å². The van der Waals surface area contributed by atoms with Gasteiger partial charge in [-0.15, -0.1) is 0 Å². The molecule has 0 bridgehead atoms. The summed E-state index contributed by atoms with van der Waals surface area (Å²) in [6.07, 6.45) is 1.71. The molecular formula is C18H14BrClN4O2. The lowest BCUT2D eigenvalue weighted by Crippen LogP contribution is -2.29. The van der Waals surface area contributed by atoms with Gasteiger partial charge in [0.1, 0.15) is 18.7 Å². The van der Waals surface area contributed by atoms with Gasteiger partial charge in [-0.05, 0) is 35.4 Å². The molecule has 0 saturated heterocycles. The van der Waals surface area contributed by atoms with Crippen LogP contribution in [0.25, 0.3) is 0 Å². The number of halogens is 2. The van der Waals surface area contributed by atoms with Crippen LogP contribution in [-0.4, -0.2) is 20.7 Å². The summed E-state index contributed by atoms with van der Waals surface area (Å²) in [6.45, 7) is 0.422. The number of ether oxygens (including phenoxy) is 1. The minimum Gasteiger partial charge on any atom is -0.487 e. The first-order valence-corrected chi connectivity index (χ1v) is 9.13. The largest absolute Gasteiger partial charge is 0.487 e. The van der Waals surface area contributed by atoms with Gasteiger partial charge in [0.05, 0.1) is 17.5 Å². The quantitative estimate of drug-likeness (QED) is 0.669. The van der Waals surface area contributed by atoms with E-state index in [2.05, 4.69) is 31.3 Å². The fourth-order valence-corrected chi connectivity index (χ4v) is 3.36. The fraction of sp³-hybridized carbons (Fsp3) is 0.167. The number of nitrogens with zero attached hydrogens (tertiary/aromatic N) is 3. The molecule has 1 aliphatic heterocycles. The van der Waals surface area contributed by atoms with Crippen LogP contribution in [0, 0.1) is 0 Å². The summed E-state index contributed by atoms with van der Waals surface area (Å²) < 4.78 is 8.53. The summed E-state index contributed by atoms with van der Waals surface area (Å²) in [7, 11) is 0. The molecule has 1 atom stereocenters. The number of aromatic nitrogens is 3. The van der Waals surface area contributed by atoms with Crippen LogP contribution in [0.3, 0.4) is 0 Å². The highest BCUT2D eigenvalue weighted by molar-refractivity contribution is 9.10. The predicted octanol–water partition coefficient (Wildman–Crippen LogP) is 4.20. The number of nitrogens with one attached hydrogen (secondary N) is 1. The summed E-state index contributed by atoms with van der Waals surface area (Å²) >= 11 is 9.81. The van der Waals surface area contributed by atoms with E-state index in [0.29, 0.717) is 23.3 Å². The lowest BCUT2D eigenvalue weighted by Gasteiger charge is -2.24. The van der Waals surface area contributed by atoms with Crippen molar-refractivity contribution >= 4 is 39.4 Å². The monoisotopic (exact) mass is 432 g/mol. The number of hydrogen-bond acceptors (Lipinski definition) is 4. The van der Waals surface area contributed by atoms with Gasteiger partial charge in [-0.2, -0.15) is 10.1 Å². The van der Waals surface area contributed by atoms with Gasteiger partial charge in [0.2, 0.25) is 11.9 Å². The molecule has 0 aliphatic carbocycles. The number of anilines is 1. The summed E-state index contributed by atoms with van der Waals surface area (Å²) in [5.74, 6) is 0.942. The number of amides is 1. The van der Waals surface area contributed by atoms with E-state index in [-0.39, 0.29) is 18.4 Å². The van der Waals surface area contributed by atoms with Crippen molar-refractivity contribution in [1.29, 1.82) is 0 Å². The minimum atomic E-state index is -0.237. The number of hydrogen-bond donors (Lipinski definition) is 1. The molecule has 2 heterocycles. The molecule has 0 unspecified atom stereocenters. The van der Waals surface area contributed by atoms with E-state index in [1.54, 1.807) is 4.68 Å². The number of rotatable bonds is 4. The molecule has 1 aromatic heterocycles. The Kier molecular flexibility index (Phi) is 4.65. The summed E-state index contributed by atoms with van der Waals surface area (Å²) in [6, 6.07) is 13.2. The smallest absolute Gasteiger partial charge is 0.229 e.